The molecule has 1 saturated heterocycles. The third-order valence-electron chi connectivity index (χ3n) is 8.30. The Bertz CT molecular complexity index is 1380. The number of hydrogen-bond donors (Lipinski definition) is 1. The average Bonchev–Trinajstić information content (AvgIpc) is 3.28. The number of carbonyl (C=O) groups is 1. The van der Waals surface area contributed by atoms with Crippen molar-refractivity contribution < 1.29 is 45.4 Å². The van der Waals surface area contributed by atoms with Gasteiger partial charge in [-0.15, -0.1) is 0 Å². The number of fused-ring (bicyclic) bond motifs is 1. The fraction of sp³-hybridized carbons (Fsp3) is 0.387. The van der Waals surface area contributed by atoms with Gasteiger partial charge in [0.1, 0.15) is 12.0 Å². The minimum atomic E-state index is -5.00. The van der Waals surface area contributed by atoms with Crippen molar-refractivity contribution in [1.82, 2.24) is 4.90 Å². The second kappa shape index (κ2) is 11.3. The first kappa shape index (κ1) is 30.0. The molecule has 4 nitrogen and oxygen atoms in total. The number of nitrogens with zero attached hydrogens (tertiary/aromatic N) is 1. The molecule has 0 radical (unpaired) electrons. The quantitative estimate of drug-likeness (QED) is 0.309. The van der Waals surface area contributed by atoms with Crippen molar-refractivity contribution in [2.45, 2.75) is 56.5 Å². The van der Waals surface area contributed by atoms with Gasteiger partial charge < -0.3 is 14.7 Å². The van der Waals surface area contributed by atoms with Crippen molar-refractivity contribution in [1.29, 1.82) is 0 Å². The van der Waals surface area contributed by atoms with Crippen LogP contribution in [0, 0.1) is 17.7 Å². The fourth-order valence-electron chi connectivity index (χ4n) is 6.28. The second-order valence-electron chi connectivity index (χ2n) is 10.9. The Balaban J connectivity index is 1.47. The zero-order valence-electron chi connectivity index (χ0n) is 22.4. The molecular formula is C31H28F7NO3. The molecule has 1 amide bonds. The molecule has 11 heteroatoms. The number of rotatable bonds is 5. The van der Waals surface area contributed by atoms with E-state index in [9.17, 15) is 40.6 Å². The summed E-state index contributed by atoms with van der Waals surface area (Å²) >= 11 is 0. The van der Waals surface area contributed by atoms with E-state index >= 15 is 0 Å². The molecule has 6 atom stereocenters. The van der Waals surface area contributed by atoms with Crippen molar-refractivity contribution in [3.8, 4) is 0 Å². The average molecular weight is 596 g/mol. The molecule has 1 heterocycles. The van der Waals surface area contributed by atoms with E-state index in [1.165, 1.54) is 24.0 Å². The number of halogens is 7. The number of benzene rings is 3. The number of likely N-dealkylation sites (tertiary alicyclic amines) is 1. The zero-order chi connectivity index (χ0) is 30.4. The lowest BCUT2D eigenvalue weighted by Crippen LogP contribution is -2.40. The van der Waals surface area contributed by atoms with Gasteiger partial charge in [-0.25, -0.2) is 4.39 Å². The van der Waals surface area contributed by atoms with Crippen LogP contribution in [0.3, 0.4) is 0 Å². The van der Waals surface area contributed by atoms with Crippen LogP contribution in [0.1, 0.15) is 64.4 Å². The standard InChI is InChI=1S/C31H28F7NO3/c1-17(20-13-21(30(33,34)35)15-22(14-20)31(36,37)38)42-26-12-11-24-25(27(26)18-7-9-23(32)10-8-18)16-39(29(24)41)28(40)19-5-3-2-4-6-19/h2-10,13-15,17,24-27,29,41H,11-12,16H2,1H3/t17-,24+,25-,26+,27+,29?/m1/s1. The zero-order valence-corrected chi connectivity index (χ0v) is 22.4. The molecule has 5 rings (SSSR count). The number of carbonyl (C=O) groups excluding carboxylic acids is 1. The van der Waals surface area contributed by atoms with Crippen molar-refractivity contribution in [3.05, 3.63) is 106 Å². The van der Waals surface area contributed by atoms with Gasteiger partial charge in [-0.3, -0.25) is 4.79 Å². The Kier molecular flexibility index (Phi) is 8.10. The monoisotopic (exact) mass is 595 g/mol. The maximum Gasteiger partial charge on any atom is 0.416 e. The summed E-state index contributed by atoms with van der Waals surface area (Å²) in [5.74, 6) is -2.12. The topological polar surface area (TPSA) is 49.8 Å². The third kappa shape index (κ3) is 6.03. The first-order chi connectivity index (χ1) is 19.7. The van der Waals surface area contributed by atoms with E-state index in [4.69, 9.17) is 4.74 Å². The predicted molar refractivity (Wildman–Crippen MR) is 139 cm³/mol. The summed E-state index contributed by atoms with van der Waals surface area (Å²) in [6, 6.07) is 15.4. The lowest BCUT2D eigenvalue weighted by Gasteiger charge is -2.41. The normalized spacial score (nSPS) is 25.3. The molecule has 1 N–H and O–H groups in total. The molecule has 3 aromatic rings. The first-order valence-corrected chi connectivity index (χ1v) is 13.5. The second-order valence-corrected chi connectivity index (χ2v) is 10.9. The Morgan fingerprint density at radius 2 is 1.48 bits per heavy atom. The number of alkyl halides is 6. The van der Waals surface area contributed by atoms with Crippen molar-refractivity contribution >= 4 is 5.91 Å². The van der Waals surface area contributed by atoms with Gasteiger partial charge in [-0.1, -0.05) is 30.3 Å². The van der Waals surface area contributed by atoms with Crippen LogP contribution >= 0.6 is 0 Å². The van der Waals surface area contributed by atoms with Gasteiger partial charge >= 0.3 is 12.4 Å². The van der Waals surface area contributed by atoms with Gasteiger partial charge in [0.15, 0.2) is 0 Å². The van der Waals surface area contributed by atoms with E-state index in [1.54, 1.807) is 42.5 Å². The van der Waals surface area contributed by atoms with E-state index in [-0.39, 0.29) is 35.9 Å². The van der Waals surface area contributed by atoms with Crippen LogP contribution < -0.4 is 0 Å². The molecule has 0 spiro atoms. The van der Waals surface area contributed by atoms with Crippen LogP contribution in [0.15, 0.2) is 72.8 Å². The predicted octanol–water partition coefficient (Wildman–Crippen LogP) is 7.59. The highest BCUT2D eigenvalue weighted by Crippen LogP contribution is 2.50. The summed E-state index contributed by atoms with van der Waals surface area (Å²) in [6.45, 7) is 1.52. The van der Waals surface area contributed by atoms with Crippen LogP contribution in [0.25, 0.3) is 0 Å². The number of aliphatic hydroxyl groups is 1. The van der Waals surface area contributed by atoms with E-state index < -0.39 is 53.7 Å². The van der Waals surface area contributed by atoms with Crippen LogP contribution in [0.5, 0.6) is 0 Å². The molecule has 1 saturated carbocycles. The van der Waals surface area contributed by atoms with Crippen LogP contribution in [-0.2, 0) is 17.1 Å². The van der Waals surface area contributed by atoms with Crippen LogP contribution in [0.4, 0.5) is 30.7 Å². The first-order valence-electron chi connectivity index (χ1n) is 13.5. The minimum absolute atomic E-state index is 0.0704. The molecule has 1 aliphatic heterocycles. The highest BCUT2D eigenvalue weighted by Gasteiger charge is 2.52. The van der Waals surface area contributed by atoms with Gasteiger partial charge in [0, 0.05) is 23.9 Å². The van der Waals surface area contributed by atoms with Crippen LogP contribution in [0.2, 0.25) is 0 Å². The molecule has 2 aliphatic rings. The number of ether oxygens (including phenoxy) is 1. The highest BCUT2D eigenvalue weighted by molar-refractivity contribution is 5.94. The molecule has 42 heavy (non-hydrogen) atoms. The third-order valence-corrected chi connectivity index (χ3v) is 8.30. The summed E-state index contributed by atoms with van der Waals surface area (Å²) in [5, 5.41) is 11.2. The van der Waals surface area contributed by atoms with Gasteiger partial charge in [0.05, 0.1) is 23.3 Å². The maximum absolute atomic E-state index is 13.8. The minimum Gasteiger partial charge on any atom is -0.373 e. The van der Waals surface area contributed by atoms with Gasteiger partial charge in [0.2, 0.25) is 0 Å². The molecule has 0 bridgehead atoms. The summed E-state index contributed by atoms with van der Waals surface area (Å²) in [6.07, 6.45) is -12.3. The van der Waals surface area contributed by atoms with Crippen LogP contribution in [-0.4, -0.2) is 34.8 Å². The largest absolute Gasteiger partial charge is 0.416 e. The van der Waals surface area contributed by atoms with E-state index in [2.05, 4.69) is 0 Å². The smallest absolute Gasteiger partial charge is 0.373 e. The van der Waals surface area contributed by atoms with Crippen molar-refractivity contribution in [2.24, 2.45) is 11.8 Å². The van der Waals surface area contributed by atoms with E-state index in [1.807, 2.05) is 0 Å². The molecule has 1 aliphatic carbocycles. The molecule has 224 valence electrons. The number of aliphatic hydroxyl groups excluding tert-OH is 1. The highest BCUT2D eigenvalue weighted by atomic mass is 19.4. The SMILES string of the molecule is C[C@@H](O[C@H]1CC[C@@H]2C(O)N(C(=O)c3ccccc3)C[C@H]2[C@@H]1c1ccc(F)cc1)c1cc(C(F)(F)F)cc(C(F)(F)F)c1. The molecule has 0 aromatic heterocycles. The summed E-state index contributed by atoms with van der Waals surface area (Å²) in [4.78, 5) is 14.6. The van der Waals surface area contributed by atoms with E-state index in [0.717, 1.165) is 0 Å². The number of amides is 1. The van der Waals surface area contributed by atoms with Gasteiger partial charge in [-0.2, -0.15) is 26.3 Å². The van der Waals surface area contributed by atoms with Crippen molar-refractivity contribution in [3.63, 3.8) is 0 Å². The molecule has 1 unspecified atom stereocenters. The Hall–Kier alpha value is -3.44. The molecule has 2 fully saturated rings. The Labute approximate surface area is 237 Å². The summed E-state index contributed by atoms with van der Waals surface area (Å²) < 4.78 is 101. The maximum atomic E-state index is 13.8. The molecule has 3 aromatic carbocycles. The van der Waals surface area contributed by atoms with Crippen molar-refractivity contribution in [2.75, 3.05) is 6.54 Å². The lowest BCUT2D eigenvalue weighted by molar-refractivity contribution is -0.143. The fourth-order valence-corrected chi connectivity index (χ4v) is 6.28. The van der Waals surface area contributed by atoms with E-state index in [0.29, 0.717) is 36.1 Å². The summed E-state index contributed by atoms with van der Waals surface area (Å²) in [7, 11) is 0. The summed E-state index contributed by atoms with van der Waals surface area (Å²) in [5.41, 5.74) is -2.14. The number of hydrogen-bond acceptors (Lipinski definition) is 3. The molecular weight excluding hydrogens is 567 g/mol. The Morgan fingerprint density at radius 1 is 0.881 bits per heavy atom. The lowest BCUT2D eigenvalue weighted by atomic mass is 9.69. The van der Waals surface area contributed by atoms with Gasteiger partial charge in [-0.05, 0) is 79.3 Å². The van der Waals surface area contributed by atoms with Gasteiger partial charge in [0.25, 0.3) is 5.91 Å². The Morgan fingerprint density at radius 3 is 2.05 bits per heavy atom.